The van der Waals surface area contributed by atoms with E-state index in [2.05, 4.69) is 19.8 Å². The summed E-state index contributed by atoms with van der Waals surface area (Å²) in [7, 11) is 0. The van der Waals surface area contributed by atoms with Crippen LogP contribution in [0.3, 0.4) is 0 Å². The van der Waals surface area contributed by atoms with Crippen molar-refractivity contribution in [2.45, 2.75) is 32.2 Å². The molecule has 0 aliphatic carbocycles. The third kappa shape index (κ3) is 4.35. The van der Waals surface area contributed by atoms with Crippen LogP contribution in [0, 0.1) is 6.92 Å². The van der Waals surface area contributed by atoms with Crippen LogP contribution in [0.4, 0.5) is 26.3 Å². The van der Waals surface area contributed by atoms with Gasteiger partial charge in [0.1, 0.15) is 11.2 Å². The zero-order valence-corrected chi connectivity index (χ0v) is 15.0. The summed E-state index contributed by atoms with van der Waals surface area (Å²) in [6.45, 7) is 1.36. The predicted molar refractivity (Wildman–Crippen MR) is 89.7 cm³/mol. The van der Waals surface area contributed by atoms with Crippen molar-refractivity contribution in [3.8, 4) is 5.88 Å². The minimum atomic E-state index is -4.65. The van der Waals surface area contributed by atoms with Gasteiger partial charge in [-0.3, -0.25) is 4.79 Å². The Balaban J connectivity index is 2.07. The molecule has 156 valence electrons. The van der Waals surface area contributed by atoms with Crippen molar-refractivity contribution in [3.63, 3.8) is 0 Å². The standard InChI is InChI=1S/C17H14F6N4O2/c1-8(10-3-5-11(6-4-10)17(21,22)23)27-13-12(14(28)25-9(2)24-13)15(26-27)29-7-16(18,19)20/h3-6,8H,7H2,1-2H3,(H,24,25,28)/t8-/m1/s1. The zero-order valence-electron chi connectivity index (χ0n) is 15.0. The van der Waals surface area contributed by atoms with Crippen LogP contribution in [0.25, 0.3) is 11.0 Å². The number of nitrogens with zero attached hydrogens (tertiary/aromatic N) is 3. The number of hydrogen-bond donors (Lipinski definition) is 1. The van der Waals surface area contributed by atoms with E-state index in [1.165, 1.54) is 19.1 Å². The normalized spacial score (nSPS) is 13.7. The van der Waals surface area contributed by atoms with Gasteiger partial charge in [-0.15, -0.1) is 5.10 Å². The van der Waals surface area contributed by atoms with E-state index in [4.69, 9.17) is 0 Å². The van der Waals surface area contributed by atoms with Gasteiger partial charge in [-0.2, -0.15) is 26.3 Å². The lowest BCUT2D eigenvalue weighted by Gasteiger charge is -2.15. The Kier molecular flexibility index (Phi) is 5.05. The molecule has 2 heterocycles. The van der Waals surface area contributed by atoms with Crippen LogP contribution >= 0.6 is 0 Å². The number of halogens is 6. The van der Waals surface area contributed by atoms with E-state index in [-0.39, 0.29) is 16.9 Å². The Morgan fingerprint density at radius 1 is 1.14 bits per heavy atom. The van der Waals surface area contributed by atoms with Gasteiger partial charge >= 0.3 is 12.4 Å². The molecule has 2 aromatic heterocycles. The lowest BCUT2D eigenvalue weighted by Crippen LogP contribution is -2.20. The molecule has 0 aliphatic heterocycles. The molecule has 0 radical (unpaired) electrons. The van der Waals surface area contributed by atoms with Gasteiger partial charge in [-0.25, -0.2) is 9.67 Å². The monoisotopic (exact) mass is 420 g/mol. The van der Waals surface area contributed by atoms with Crippen molar-refractivity contribution in [2.24, 2.45) is 0 Å². The summed E-state index contributed by atoms with van der Waals surface area (Å²) in [6.07, 6.45) is -9.16. The van der Waals surface area contributed by atoms with E-state index in [1.54, 1.807) is 6.92 Å². The van der Waals surface area contributed by atoms with Crippen molar-refractivity contribution in [1.82, 2.24) is 19.7 Å². The van der Waals surface area contributed by atoms with Gasteiger partial charge in [0.15, 0.2) is 12.3 Å². The molecule has 3 aromatic rings. The zero-order chi connectivity index (χ0) is 21.6. The van der Waals surface area contributed by atoms with E-state index in [1.807, 2.05) is 0 Å². The highest BCUT2D eigenvalue weighted by Gasteiger charge is 2.32. The van der Waals surface area contributed by atoms with Crippen molar-refractivity contribution in [1.29, 1.82) is 0 Å². The molecule has 0 saturated carbocycles. The molecule has 0 aliphatic rings. The summed E-state index contributed by atoms with van der Waals surface area (Å²) in [6, 6.07) is 3.46. The average molecular weight is 420 g/mol. The van der Waals surface area contributed by atoms with Crippen LogP contribution in [-0.4, -0.2) is 32.5 Å². The molecule has 0 fully saturated rings. The molecule has 3 rings (SSSR count). The fourth-order valence-electron chi connectivity index (χ4n) is 2.74. The first-order valence-electron chi connectivity index (χ1n) is 8.22. The Hall–Kier alpha value is -3.05. The first-order chi connectivity index (χ1) is 13.4. The summed E-state index contributed by atoms with van der Waals surface area (Å²) in [5.74, 6) is -0.379. The number of rotatable bonds is 4. The van der Waals surface area contributed by atoms with Crippen LogP contribution in [0.15, 0.2) is 29.1 Å². The van der Waals surface area contributed by atoms with Crippen molar-refractivity contribution in [3.05, 3.63) is 51.6 Å². The van der Waals surface area contributed by atoms with Crippen LogP contribution in [0.1, 0.15) is 29.9 Å². The summed E-state index contributed by atoms with van der Waals surface area (Å²) >= 11 is 0. The maximum absolute atomic E-state index is 12.8. The summed E-state index contributed by atoms with van der Waals surface area (Å²) in [5.41, 5.74) is -1.26. The van der Waals surface area contributed by atoms with Crippen LogP contribution in [-0.2, 0) is 6.18 Å². The van der Waals surface area contributed by atoms with Crippen LogP contribution in [0.5, 0.6) is 5.88 Å². The van der Waals surface area contributed by atoms with Gasteiger partial charge in [0.25, 0.3) is 5.56 Å². The number of aromatic amines is 1. The molecule has 12 heteroatoms. The molecule has 1 N–H and O–H groups in total. The highest BCUT2D eigenvalue weighted by Crippen LogP contribution is 2.32. The molecule has 0 amide bonds. The largest absolute Gasteiger partial charge is 0.466 e. The molecule has 0 bridgehead atoms. The second-order valence-electron chi connectivity index (χ2n) is 6.30. The SMILES string of the molecule is Cc1nc2c(c(OCC(F)(F)F)nn2[C@H](C)c2ccc(C(F)(F)F)cc2)c(=O)[nH]1. The third-order valence-corrected chi connectivity index (χ3v) is 4.11. The first kappa shape index (κ1) is 20.7. The van der Waals surface area contributed by atoms with Gasteiger partial charge in [0, 0.05) is 0 Å². The molecule has 1 aromatic carbocycles. The Labute approximate surface area is 159 Å². The van der Waals surface area contributed by atoms with Gasteiger partial charge in [0.05, 0.1) is 11.6 Å². The fourth-order valence-corrected chi connectivity index (χ4v) is 2.74. The quantitative estimate of drug-likeness (QED) is 0.648. The van der Waals surface area contributed by atoms with Gasteiger partial charge < -0.3 is 9.72 Å². The number of ether oxygens (including phenoxy) is 1. The number of nitrogens with one attached hydrogen (secondary N) is 1. The number of fused-ring (bicyclic) bond motifs is 1. The molecule has 0 saturated heterocycles. The minimum absolute atomic E-state index is 0.0455. The first-order valence-corrected chi connectivity index (χ1v) is 8.22. The molecular weight excluding hydrogens is 406 g/mol. The second kappa shape index (κ2) is 7.08. The Bertz CT molecular complexity index is 1080. The number of benzene rings is 1. The molecule has 1 atom stereocenters. The van der Waals surface area contributed by atoms with Gasteiger partial charge in [-0.1, -0.05) is 12.1 Å². The fraction of sp³-hybridized carbons (Fsp3) is 0.353. The van der Waals surface area contributed by atoms with Crippen molar-refractivity contribution >= 4 is 11.0 Å². The number of hydrogen-bond acceptors (Lipinski definition) is 4. The lowest BCUT2D eigenvalue weighted by atomic mass is 10.1. The number of alkyl halides is 6. The predicted octanol–water partition coefficient (Wildman–Crippen LogP) is 4.00. The third-order valence-electron chi connectivity index (χ3n) is 4.11. The van der Waals surface area contributed by atoms with Crippen molar-refractivity contribution in [2.75, 3.05) is 6.61 Å². The van der Waals surface area contributed by atoms with Crippen LogP contribution < -0.4 is 10.3 Å². The summed E-state index contributed by atoms with van der Waals surface area (Å²) in [4.78, 5) is 18.7. The number of aryl methyl sites for hydroxylation is 1. The van der Waals surface area contributed by atoms with E-state index in [0.29, 0.717) is 5.56 Å². The minimum Gasteiger partial charge on any atom is -0.466 e. The maximum atomic E-state index is 12.8. The van der Waals surface area contributed by atoms with E-state index in [0.717, 1.165) is 16.8 Å². The van der Waals surface area contributed by atoms with Crippen molar-refractivity contribution < 1.29 is 31.1 Å². The average Bonchev–Trinajstić information content (AvgIpc) is 2.97. The molecular formula is C17H14F6N4O2. The number of aromatic nitrogens is 4. The number of H-pyrrole nitrogens is 1. The topological polar surface area (TPSA) is 72.8 Å². The van der Waals surface area contributed by atoms with Gasteiger partial charge in [0.2, 0.25) is 5.88 Å². The second-order valence-corrected chi connectivity index (χ2v) is 6.30. The van der Waals surface area contributed by atoms with E-state index >= 15 is 0 Å². The Morgan fingerprint density at radius 3 is 2.31 bits per heavy atom. The molecule has 0 unspecified atom stereocenters. The molecule has 6 nitrogen and oxygen atoms in total. The van der Waals surface area contributed by atoms with E-state index in [9.17, 15) is 31.1 Å². The summed E-state index contributed by atoms with van der Waals surface area (Å²) < 4.78 is 81.6. The Morgan fingerprint density at radius 2 is 1.76 bits per heavy atom. The molecule has 29 heavy (non-hydrogen) atoms. The lowest BCUT2D eigenvalue weighted by molar-refractivity contribution is -0.154. The molecule has 0 spiro atoms. The smallest absolute Gasteiger partial charge is 0.422 e. The van der Waals surface area contributed by atoms with Gasteiger partial charge in [-0.05, 0) is 31.5 Å². The summed E-state index contributed by atoms with van der Waals surface area (Å²) in [5, 5.41) is 3.65. The van der Waals surface area contributed by atoms with Crippen LogP contribution in [0.2, 0.25) is 0 Å². The van der Waals surface area contributed by atoms with E-state index < -0.39 is 42.0 Å². The highest BCUT2D eigenvalue weighted by atomic mass is 19.4. The maximum Gasteiger partial charge on any atom is 0.422 e. The highest BCUT2D eigenvalue weighted by molar-refractivity contribution is 5.80.